The number of H-pyrrole nitrogens is 1. The van der Waals surface area contributed by atoms with Crippen LogP contribution >= 0.6 is 0 Å². The Balaban J connectivity index is 1.62. The highest BCUT2D eigenvalue weighted by atomic mass is 16.1. The van der Waals surface area contributed by atoms with Crippen LogP contribution in [0.25, 0.3) is 10.9 Å². The number of rotatable bonds is 4. The summed E-state index contributed by atoms with van der Waals surface area (Å²) < 4.78 is 2.03. The molecule has 0 aliphatic heterocycles. The van der Waals surface area contributed by atoms with Crippen LogP contribution < -0.4 is 5.32 Å². The molecule has 0 spiro atoms. The van der Waals surface area contributed by atoms with Crippen LogP contribution in [0.15, 0.2) is 42.7 Å². The normalized spacial score (nSPS) is 10.8. The van der Waals surface area contributed by atoms with Crippen molar-refractivity contribution in [3.05, 3.63) is 48.4 Å². The zero-order valence-electron chi connectivity index (χ0n) is 11.3. The van der Waals surface area contributed by atoms with Crippen molar-refractivity contribution in [3.63, 3.8) is 0 Å². The Morgan fingerprint density at radius 2 is 2.30 bits per heavy atom. The first-order valence-corrected chi connectivity index (χ1v) is 6.55. The van der Waals surface area contributed by atoms with Crippen molar-refractivity contribution in [2.75, 3.05) is 5.32 Å². The van der Waals surface area contributed by atoms with Crippen molar-refractivity contribution in [2.45, 2.75) is 12.8 Å². The molecule has 0 bridgehead atoms. The lowest BCUT2D eigenvalue weighted by atomic mass is 10.2. The SMILES string of the molecule is Cn1cccc1CCC(=O)Nc1ccc2cn[nH]c2c1. The van der Waals surface area contributed by atoms with Crippen LogP contribution in [0.2, 0.25) is 0 Å². The van der Waals surface area contributed by atoms with Gasteiger partial charge in [-0.3, -0.25) is 9.89 Å². The van der Waals surface area contributed by atoms with Gasteiger partial charge in [-0.2, -0.15) is 5.10 Å². The van der Waals surface area contributed by atoms with Crippen LogP contribution in [0.4, 0.5) is 5.69 Å². The quantitative estimate of drug-likeness (QED) is 0.763. The van der Waals surface area contributed by atoms with Gasteiger partial charge >= 0.3 is 0 Å². The van der Waals surface area contributed by atoms with E-state index in [2.05, 4.69) is 15.5 Å². The van der Waals surface area contributed by atoms with Crippen molar-refractivity contribution in [1.82, 2.24) is 14.8 Å². The lowest BCUT2D eigenvalue weighted by Crippen LogP contribution is -2.13. The third-order valence-corrected chi connectivity index (χ3v) is 3.39. The van der Waals surface area contributed by atoms with E-state index < -0.39 is 0 Å². The van der Waals surface area contributed by atoms with Gasteiger partial charge in [0.25, 0.3) is 0 Å². The van der Waals surface area contributed by atoms with Gasteiger partial charge in [0, 0.05) is 36.4 Å². The molecule has 102 valence electrons. The molecule has 0 saturated carbocycles. The molecule has 0 unspecified atom stereocenters. The van der Waals surface area contributed by atoms with Crippen molar-refractivity contribution in [3.8, 4) is 0 Å². The topological polar surface area (TPSA) is 62.7 Å². The first-order chi connectivity index (χ1) is 9.72. The van der Waals surface area contributed by atoms with E-state index in [0.717, 1.165) is 28.7 Å². The van der Waals surface area contributed by atoms with Gasteiger partial charge in [-0.25, -0.2) is 0 Å². The van der Waals surface area contributed by atoms with E-state index in [4.69, 9.17) is 0 Å². The fourth-order valence-corrected chi connectivity index (χ4v) is 2.24. The fraction of sp³-hybridized carbons (Fsp3) is 0.200. The van der Waals surface area contributed by atoms with Crippen molar-refractivity contribution in [2.24, 2.45) is 7.05 Å². The van der Waals surface area contributed by atoms with Crippen molar-refractivity contribution in [1.29, 1.82) is 0 Å². The summed E-state index contributed by atoms with van der Waals surface area (Å²) in [5.41, 5.74) is 2.87. The Morgan fingerprint density at radius 1 is 1.40 bits per heavy atom. The molecule has 1 aromatic carbocycles. The maximum absolute atomic E-state index is 11.9. The van der Waals surface area contributed by atoms with Gasteiger partial charge in [0.2, 0.25) is 5.91 Å². The van der Waals surface area contributed by atoms with E-state index in [1.165, 1.54) is 0 Å². The number of hydrogen-bond acceptors (Lipinski definition) is 2. The van der Waals surface area contributed by atoms with Crippen LogP contribution in [-0.2, 0) is 18.3 Å². The van der Waals surface area contributed by atoms with Crippen LogP contribution in [0.1, 0.15) is 12.1 Å². The Hall–Kier alpha value is -2.56. The first kappa shape index (κ1) is 12.5. The van der Waals surface area contributed by atoms with Crippen LogP contribution in [0.5, 0.6) is 0 Å². The number of aromatic nitrogens is 3. The number of aromatic amines is 1. The highest BCUT2D eigenvalue weighted by Gasteiger charge is 2.06. The number of nitrogens with zero attached hydrogens (tertiary/aromatic N) is 2. The largest absolute Gasteiger partial charge is 0.354 e. The summed E-state index contributed by atoms with van der Waals surface area (Å²) in [6, 6.07) is 9.73. The molecule has 1 amide bonds. The summed E-state index contributed by atoms with van der Waals surface area (Å²) in [5, 5.41) is 10.8. The van der Waals surface area contributed by atoms with Gasteiger partial charge < -0.3 is 9.88 Å². The number of amides is 1. The molecule has 2 aromatic heterocycles. The first-order valence-electron chi connectivity index (χ1n) is 6.55. The van der Waals surface area contributed by atoms with E-state index in [1.807, 2.05) is 48.1 Å². The number of benzene rings is 1. The van der Waals surface area contributed by atoms with Gasteiger partial charge in [-0.15, -0.1) is 0 Å². The summed E-state index contributed by atoms with van der Waals surface area (Å²) in [7, 11) is 1.99. The van der Waals surface area contributed by atoms with E-state index >= 15 is 0 Å². The predicted octanol–water partition coefficient (Wildman–Crippen LogP) is 2.47. The molecular formula is C15H16N4O. The zero-order chi connectivity index (χ0) is 13.9. The van der Waals surface area contributed by atoms with Gasteiger partial charge in [0.05, 0.1) is 11.7 Å². The summed E-state index contributed by atoms with van der Waals surface area (Å²) in [6.07, 6.45) is 4.95. The molecule has 2 N–H and O–H groups in total. The second-order valence-corrected chi connectivity index (χ2v) is 4.83. The van der Waals surface area contributed by atoms with E-state index in [-0.39, 0.29) is 5.91 Å². The minimum atomic E-state index is 0.0186. The standard InChI is InChI=1S/C15H16N4O/c1-19-8-2-3-13(19)6-7-15(20)17-12-5-4-11-10-16-18-14(11)9-12/h2-5,8-10H,6-7H2,1H3,(H,16,18)(H,17,20). The van der Waals surface area contributed by atoms with E-state index in [0.29, 0.717) is 6.42 Å². The Kier molecular flexibility index (Phi) is 3.25. The molecule has 2 heterocycles. The van der Waals surface area contributed by atoms with Crippen LogP contribution in [0.3, 0.4) is 0 Å². The Bertz CT molecular complexity index is 741. The number of nitrogens with one attached hydrogen (secondary N) is 2. The third-order valence-electron chi connectivity index (χ3n) is 3.39. The molecule has 5 heteroatoms. The average molecular weight is 268 g/mol. The average Bonchev–Trinajstić information content (AvgIpc) is 3.04. The number of hydrogen-bond donors (Lipinski definition) is 2. The maximum atomic E-state index is 11.9. The summed E-state index contributed by atoms with van der Waals surface area (Å²) in [4.78, 5) is 11.9. The lowest BCUT2D eigenvalue weighted by Gasteiger charge is -2.06. The second kappa shape index (κ2) is 5.21. The minimum absolute atomic E-state index is 0.0186. The second-order valence-electron chi connectivity index (χ2n) is 4.83. The number of fused-ring (bicyclic) bond motifs is 1. The summed E-state index contributed by atoms with van der Waals surface area (Å²) in [5.74, 6) is 0.0186. The molecule has 0 aliphatic rings. The molecule has 0 atom stereocenters. The smallest absolute Gasteiger partial charge is 0.224 e. The van der Waals surface area contributed by atoms with Crippen molar-refractivity contribution >= 4 is 22.5 Å². The molecule has 0 fully saturated rings. The number of aryl methyl sites for hydroxylation is 2. The molecule has 0 aliphatic carbocycles. The molecule has 5 nitrogen and oxygen atoms in total. The van der Waals surface area contributed by atoms with Gasteiger partial charge in [-0.1, -0.05) is 0 Å². The highest BCUT2D eigenvalue weighted by molar-refractivity contribution is 5.93. The summed E-state index contributed by atoms with van der Waals surface area (Å²) in [6.45, 7) is 0. The van der Waals surface area contributed by atoms with Crippen molar-refractivity contribution < 1.29 is 4.79 Å². The molecule has 0 radical (unpaired) electrons. The van der Waals surface area contributed by atoms with Crippen LogP contribution in [-0.4, -0.2) is 20.7 Å². The Morgan fingerprint density at radius 3 is 3.10 bits per heavy atom. The number of carbonyl (C=O) groups is 1. The predicted molar refractivity (Wildman–Crippen MR) is 78.5 cm³/mol. The van der Waals surface area contributed by atoms with E-state index in [9.17, 15) is 4.79 Å². The minimum Gasteiger partial charge on any atom is -0.354 e. The molecule has 3 rings (SSSR count). The van der Waals surface area contributed by atoms with Gasteiger partial charge in [0.15, 0.2) is 0 Å². The zero-order valence-corrected chi connectivity index (χ0v) is 11.3. The molecule has 20 heavy (non-hydrogen) atoms. The fourth-order valence-electron chi connectivity index (χ4n) is 2.24. The number of carbonyl (C=O) groups excluding carboxylic acids is 1. The number of anilines is 1. The van der Waals surface area contributed by atoms with E-state index in [1.54, 1.807) is 6.20 Å². The molecule has 0 saturated heterocycles. The monoisotopic (exact) mass is 268 g/mol. The van der Waals surface area contributed by atoms with Crippen LogP contribution in [0, 0.1) is 0 Å². The summed E-state index contributed by atoms with van der Waals surface area (Å²) >= 11 is 0. The Labute approximate surface area is 116 Å². The highest BCUT2D eigenvalue weighted by Crippen LogP contribution is 2.16. The lowest BCUT2D eigenvalue weighted by molar-refractivity contribution is -0.116. The third kappa shape index (κ3) is 2.56. The molecular weight excluding hydrogens is 252 g/mol. The van der Waals surface area contributed by atoms with Gasteiger partial charge in [-0.05, 0) is 36.8 Å². The molecule has 3 aromatic rings. The van der Waals surface area contributed by atoms with Gasteiger partial charge in [0.1, 0.15) is 0 Å². The maximum Gasteiger partial charge on any atom is 0.224 e.